The van der Waals surface area contributed by atoms with E-state index in [1.54, 1.807) is 0 Å². The fourth-order valence-corrected chi connectivity index (χ4v) is 2.75. The Labute approximate surface area is 108 Å². The Morgan fingerprint density at radius 2 is 1.78 bits per heavy atom. The predicted molar refractivity (Wildman–Crippen MR) is 76.9 cm³/mol. The second kappa shape index (κ2) is 4.69. The van der Waals surface area contributed by atoms with Gasteiger partial charge in [0.05, 0.1) is 0 Å². The van der Waals surface area contributed by atoms with Crippen LogP contribution in [-0.2, 0) is 6.42 Å². The van der Waals surface area contributed by atoms with Gasteiger partial charge in [0, 0.05) is 17.6 Å². The summed E-state index contributed by atoms with van der Waals surface area (Å²) in [5.74, 6) is 0.360. The van der Waals surface area contributed by atoms with E-state index in [4.69, 9.17) is 0 Å². The first-order chi connectivity index (χ1) is 8.88. The van der Waals surface area contributed by atoms with Crippen LogP contribution in [0.3, 0.4) is 0 Å². The van der Waals surface area contributed by atoms with Crippen LogP contribution in [0.25, 0.3) is 0 Å². The van der Waals surface area contributed by atoms with Crippen molar-refractivity contribution >= 4 is 5.69 Å². The smallest absolute Gasteiger partial charge is 0.0405 e. The summed E-state index contributed by atoms with van der Waals surface area (Å²) in [6.45, 7) is 4.00. The van der Waals surface area contributed by atoms with E-state index in [1.165, 1.54) is 16.8 Å². The summed E-state index contributed by atoms with van der Waals surface area (Å²) in [7, 11) is 0. The van der Waals surface area contributed by atoms with Crippen LogP contribution in [0.15, 0.2) is 67.3 Å². The van der Waals surface area contributed by atoms with E-state index in [0.29, 0.717) is 12.0 Å². The van der Waals surface area contributed by atoms with Crippen LogP contribution in [0.2, 0.25) is 0 Å². The number of fused-ring (bicyclic) bond motifs is 1. The Kier molecular flexibility index (Phi) is 2.89. The van der Waals surface area contributed by atoms with E-state index in [0.717, 1.165) is 6.42 Å². The monoisotopic (exact) mass is 235 g/mol. The number of anilines is 1. The Balaban J connectivity index is 1.86. The molecule has 1 heteroatoms. The van der Waals surface area contributed by atoms with Crippen LogP contribution >= 0.6 is 0 Å². The van der Waals surface area contributed by atoms with Crippen LogP contribution in [0.4, 0.5) is 5.69 Å². The van der Waals surface area contributed by atoms with Crippen LogP contribution in [0.5, 0.6) is 0 Å². The van der Waals surface area contributed by atoms with E-state index >= 15 is 0 Å². The molecule has 1 aliphatic heterocycles. The third-order valence-corrected chi connectivity index (χ3v) is 3.67. The summed E-state index contributed by atoms with van der Waals surface area (Å²) in [5.41, 5.74) is 4.01. The minimum atomic E-state index is 0.360. The zero-order valence-corrected chi connectivity index (χ0v) is 10.3. The van der Waals surface area contributed by atoms with Gasteiger partial charge in [0.15, 0.2) is 0 Å². The van der Waals surface area contributed by atoms with Gasteiger partial charge in [-0.2, -0.15) is 0 Å². The van der Waals surface area contributed by atoms with Gasteiger partial charge in [-0.15, -0.1) is 6.58 Å². The minimum absolute atomic E-state index is 0.360. The molecule has 2 aromatic rings. The van der Waals surface area contributed by atoms with Gasteiger partial charge < -0.3 is 5.32 Å². The summed E-state index contributed by atoms with van der Waals surface area (Å²) in [6.07, 6.45) is 3.13. The number of hydrogen-bond donors (Lipinski definition) is 1. The topological polar surface area (TPSA) is 12.0 Å². The predicted octanol–water partition coefficient (Wildman–Crippen LogP) is 3.99. The summed E-state index contributed by atoms with van der Waals surface area (Å²) < 4.78 is 0. The number of rotatable bonds is 3. The normalized spacial score (nSPS) is 18.8. The van der Waals surface area contributed by atoms with Crippen molar-refractivity contribution in [3.8, 4) is 0 Å². The molecule has 0 aliphatic carbocycles. The van der Waals surface area contributed by atoms with Crippen LogP contribution in [-0.4, -0.2) is 6.04 Å². The second-order valence-electron chi connectivity index (χ2n) is 4.78. The van der Waals surface area contributed by atoms with Gasteiger partial charge >= 0.3 is 0 Å². The van der Waals surface area contributed by atoms with E-state index in [1.807, 2.05) is 0 Å². The zero-order valence-electron chi connectivity index (χ0n) is 10.3. The third kappa shape index (κ3) is 1.92. The van der Waals surface area contributed by atoms with Gasteiger partial charge in [-0.25, -0.2) is 0 Å². The van der Waals surface area contributed by atoms with Crippen molar-refractivity contribution in [2.75, 3.05) is 5.32 Å². The average molecular weight is 235 g/mol. The van der Waals surface area contributed by atoms with E-state index < -0.39 is 0 Å². The number of nitrogens with one attached hydrogen (secondary N) is 1. The Hall–Kier alpha value is -2.02. The van der Waals surface area contributed by atoms with E-state index in [2.05, 4.69) is 72.6 Å². The van der Waals surface area contributed by atoms with Crippen molar-refractivity contribution in [1.82, 2.24) is 0 Å². The fraction of sp³-hybridized carbons (Fsp3) is 0.176. The standard InChI is InChI=1S/C17H17N/c1-2-15(13-8-4-3-5-9-13)17-12-14-10-6-7-11-16(14)18-17/h2-11,15,17-18H,1,12H2/t15-,17-/m0/s1. The molecule has 18 heavy (non-hydrogen) atoms. The van der Waals surface area contributed by atoms with Gasteiger partial charge in [0.1, 0.15) is 0 Å². The lowest BCUT2D eigenvalue weighted by molar-refractivity contribution is 0.672. The maximum atomic E-state index is 4.00. The summed E-state index contributed by atoms with van der Waals surface area (Å²) in [6, 6.07) is 19.6. The number of hydrogen-bond acceptors (Lipinski definition) is 1. The quantitative estimate of drug-likeness (QED) is 0.793. The SMILES string of the molecule is C=C[C@@H](c1ccccc1)[C@@H]1Cc2ccccc2N1. The van der Waals surface area contributed by atoms with Crippen LogP contribution in [0.1, 0.15) is 17.0 Å². The van der Waals surface area contributed by atoms with Crippen LogP contribution in [0, 0.1) is 0 Å². The van der Waals surface area contributed by atoms with Crippen molar-refractivity contribution < 1.29 is 0 Å². The zero-order chi connectivity index (χ0) is 12.4. The van der Waals surface area contributed by atoms with Gasteiger partial charge in [-0.05, 0) is 23.6 Å². The Morgan fingerprint density at radius 1 is 1.06 bits per heavy atom. The van der Waals surface area contributed by atoms with Crippen molar-refractivity contribution in [2.45, 2.75) is 18.4 Å². The molecule has 90 valence electrons. The maximum Gasteiger partial charge on any atom is 0.0405 e. The molecule has 2 aromatic carbocycles. The van der Waals surface area contributed by atoms with Gasteiger partial charge in [-0.1, -0.05) is 54.6 Å². The summed E-state index contributed by atoms with van der Waals surface area (Å²) in [5, 5.41) is 3.61. The molecule has 0 aromatic heterocycles. The van der Waals surface area contributed by atoms with Gasteiger partial charge in [-0.3, -0.25) is 0 Å². The Bertz CT molecular complexity index is 520. The molecule has 0 saturated heterocycles. The van der Waals surface area contributed by atoms with Crippen molar-refractivity contribution in [1.29, 1.82) is 0 Å². The molecule has 0 bridgehead atoms. The summed E-state index contributed by atoms with van der Waals surface area (Å²) in [4.78, 5) is 0. The highest BCUT2D eigenvalue weighted by Crippen LogP contribution is 2.33. The molecule has 0 radical (unpaired) electrons. The van der Waals surface area contributed by atoms with Gasteiger partial charge in [0.25, 0.3) is 0 Å². The minimum Gasteiger partial charge on any atom is -0.381 e. The highest BCUT2D eigenvalue weighted by atomic mass is 15.0. The molecule has 0 saturated carbocycles. The molecule has 1 aliphatic rings. The van der Waals surface area contributed by atoms with Crippen molar-refractivity contribution in [3.05, 3.63) is 78.4 Å². The van der Waals surface area contributed by atoms with E-state index in [-0.39, 0.29) is 0 Å². The largest absolute Gasteiger partial charge is 0.381 e. The molecule has 1 nitrogen and oxygen atoms in total. The Morgan fingerprint density at radius 3 is 2.50 bits per heavy atom. The number of para-hydroxylation sites is 1. The first-order valence-corrected chi connectivity index (χ1v) is 6.40. The molecule has 0 amide bonds. The lowest BCUT2D eigenvalue weighted by Crippen LogP contribution is -2.23. The highest BCUT2D eigenvalue weighted by molar-refractivity contribution is 5.57. The molecular formula is C17H17N. The molecule has 0 fully saturated rings. The molecule has 0 unspecified atom stereocenters. The van der Waals surface area contributed by atoms with E-state index in [9.17, 15) is 0 Å². The lowest BCUT2D eigenvalue weighted by atomic mass is 9.90. The molecular weight excluding hydrogens is 218 g/mol. The molecule has 0 spiro atoms. The first-order valence-electron chi connectivity index (χ1n) is 6.40. The molecule has 1 N–H and O–H groups in total. The third-order valence-electron chi connectivity index (χ3n) is 3.67. The fourth-order valence-electron chi connectivity index (χ4n) is 2.75. The van der Waals surface area contributed by atoms with Crippen LogP contribution < -0.4 is 5.32 Å². The average Bonchev–Trinajstić information content (AvgIpc) is 2.84. The molecule has 2 atom stereocenters. The first kappa shape index (κ1) is 11.1. The maximum absolute atomic E-state index is 4.00. The second-order valence-corrected chi connectivity index (χ2v) is 4.78. The molecule has 1 heterocycles. The number of benzene rings is 2. The summed E-state index contributed by atoms with van der Waals surface area (Å²) >= 11 is 0. The van der Waals surface area contributed by atoms with Gasteiger partial charge in [0.2, 0.25) is 0 Å². The molecule has 3 rings (SSSR count). The highest BCUT2D eigenvalue weighted by Gasteiger charge is 2.26. The lowest BCUT2D eigenvalue weighted by Gasteiger charge is -2.21. The van der Waals surface area contributed by atoms with Crippen molar-refractivity contribution in [2.24, 2.45) is 0 Å². The van der Waals surface area contributed by atoms with Crippen molar-refractivity contribution in [3.63, 3.8) is 0 Å².